The summed E-state index contributed by atoms with van der Waals surface area (Å²) < 4.78 is 5.48. The van der Waals surface area contributed by atoms with E-state index in [0.29, 0.717) is 6.54 Å². The van der Waals surface area contributed by atoms with Gasteiger partial charge < -0.3 is 15.1 Å². The minimum absolute atomic E-state index is 0.450. The summed E-state index contributed by atoms with van der Waals surface area (Å²) in [6.07, 6.45) is 5.44. The minimum atomic E-state index is 0.450. The molecule has 1 aliphatic heterocycles. The molecule has 0 radical (unpaired) electrons. The fraction of sp³-hybridized carbons (Fsp3) is 0.769. The molecule has 4 nitrogen and oxygen atoms in total. The zero-order chi connectivity index (χ0) is 12.3. The third kappa shape index (κ3) is 3.00. The molecule has 2 N–H and O–H groups in total. The van der Waals surface area contributed by atoms with Gasteiger partial charge in [-0.25, -0.2) is 0 Å². The van der Waals surface area contributed by atoms with Gasteiger partial charge in [-0.2, -0.15) is 4.98 Å². The molecule has 2 rings (SSSR count). The molecule has 1 unspecified atom stereocenters. The number of nitrogens with zero attached hydrogens (tertiary/aromatic N) is 2. The lowest BCUT2D eigenvalue weighted by atomic mass is 9.89. The van der Waals surface area contributed by atoms with Gasteiger partial charge >= 0.3 is 0 Å². The van der Waals surface area contributed by atoms with Crippen LogP contribution in [0.25, 0.3) is 0 Å². The zero-order valence-electron chi connectivity index (χ0n) is 10.9. The fourth-order valence-electron chi connectivity index (χ4n) is 2.52. The molecule has 0 bridgehead atoms. The standard InChI is InChI=1S/C13H23N3O/c1-10(2)11-4-3-6-16(7-5-11)13-15-12(8-14)9-17-13/h9-11H,3-8,14H2,1-2H3. The molecular formula is C13H23N3O. The molecule has 0 aliphatic carbocycles. The Balaban J connectivity index is 1.98. The summed E-state index contributed by atoms with van der Waals surface area (Å²) in [5.41, 5.74) is 6.38. The summed E-state index contributed by atoms with van der Waals surface area (Å²) in [6.45, 7) is 7.18. The second kappa shape index (κ2) is 5.54. The fourth-order valence-corrected chi connectivity index (χ4v) is 2.52. The van der Waals surface area contributed by atoms with Gasteiger partial charge in [0.25, 0.3) is 6.01 Å². The van der Waals surface area contributed by atoms with Crippen LogP contribution in [0.3, 0.4) is 0 Å². The average molecular weight is 237 g/mol. The summed E-state index contributed by atoms with van der Waals surface area (Å²) in [4.78, 5) is 6.65. The number of hydrogen-bond acceptors (Lipinski definition) is 4. The largest absolute Gasteiger partial charge is 0.432 e. The molecule has 4 heteroatoms. The number of rotatable bonds is 3. The monoisotopic (exact) mass is 237 g/mol. The molecule has 0 spiro atoms. The van der Waals surface area contributed by atoms with E-state index in [9.17, 15) is 0 Å². The van der Waals surface area contributed by atoms with Crippen molar-refractivity contribution >= 4 is 6.01 Å². The molecule has 2 heterocycles. The van der Waals surface area contributed by atoms with Gasteiger partial charge in [0, 0.05) is 19.6 Å². The van der Waals surface area contributed by atoms with E-state index < -0.39 is 0 Å². The Bertz CT molecular complexity index is 348. The highest BCUT2D eigenvalue weighted by molar-refractivity contribution is 5.27. The summed E-state index contributed by atoms with van der Waals surface area (Å²) in [5, 5.41) is 0. The van der Waals surface area contributed by atoms with Gasteiger partial charge in [0.05, 0.1) is 5.69 Å². The molecule has 0 amide bonds. The topological polar surface area (TPSA) is 55.3 Å². The van der Waals surface area contributed by atoms with Crippen molar-refractivity contribution in [3.63, 3.8) is 0 Å². The van der Waals surface area contributed by atoms with Crippen LogP contribution in [0.4, 0.5) is 6.01 Å². The van der Waals surface area contributed by atoms with Gasteiger partial charge in [0.1, 0.15) is 6.26 Å². The second-order valence-electron chi connectivity index (χ2n) is 5.25. The maximum atomic E-state index is 5.54. The van der Waals surface area contributed by atoms with Crippen molar-refractivity contribution in [3.05, 3.63) is 12.0 Å². The maximum Gasteiger partial charge on any atom is 0.297 e. The van der Waals surface area contributed by atoms with E-state index in [1.165, 1.54) is 19.3 Å². The summed E-state index contributed by atoms with van der Waals surface area (Å²) in [7, 11) is 0. The summed E-state index contributed by atoms with van der Waals surface area (Å²) in [5.74, 6) is 1.61. The molecule has 0 aromatic carbocycles. The van der Waals surface area contributed by atoms with E-state index >= 15 is 0 Å². The molecule has 96 valence electrons. The first kappa shape index (κ1) is 12.4. The molecule has 1 atom stereocenters. The normalized spacial score (nSPS) is 21.9. The Labute approximate surface area is 103 Å². The molecular weight excluding hydrogens is 214 g/mol. The lowest BCUT2D eigenvalue weighted by molar-refractivity contribution is 0.351. The quantitative estimate of drug-likeness (QED) is 0.877. The van der Waals surface area contributed by atoms with Gasteiger partial charge in [0.2, 0.25) is 0 Å². The van der Waals surface area contributed by atoms with Gasteiger partial charge in [-0.1, -0.05) is 13.8 Å². The van der Waals surface area contributed by atoms with Crippen molar-refractivity contribution in [1.82, 2.24) is 4.98 Å². The van der Waals surface area contributed by atoms with E-state index in [0.717, 1.165) is 36.6 Å². The molecule has 1 aliphatic rings. The maximum absolute atomic E-state index is 5.54. The molecule has 1 saturated heterocycles. The zero-order valence-corrected chi connectivity index (χ0v) is 10.9. The van der Waals surface area contributed by atoms with Crippen molar-refractivity contribution in [2.75, 3.05) is 18.0 Å². The Hall–Kier alpha value is -1.03. The van der Waals surface area contributed by atoms with Crippen LogP contribution in [-0.4, -0.2) is 18.1 Å². The van der Waals surface area contributed by atoms with Gasteiger partial charge in [-0.3, -0.25) is 0 Å². The highest BCUT2D eigenvalue weighted by Gasteiger charge is 2.21. The number of hydrogen-bond donors (Lipinski definition) is 1. The van der Waals surface area contributed by atoms with Gasteiger partial charge in [-0.05, 0) is 31.1 Å². The predicted octanol–water partition coefficient (Wildman–Crippen LogP) is 2.40. The first-order valence-corrected chi connectivity index (χ1v) is 6.60. The van der Waals surface area contributed by atoms with E-state index in [1.807, 2.05) is 0 Å². The number of anilines is 1. The predicted molar refractivity (Wildman–Crippen MR) is 68.8 cm³/mol. The highest BCUT2D eigenvalue weighted by Crippen LogP contribution is 2.26. The Morgan fingerprint density at radius 1 is 1.47 bits per heavy atom. The lowest BCUT2D eigenvalue weighted by Crippen LogP contribution is -2.24. The number of oxazole rings is 1. The van der Waals surface area contributed by atoms with Crippen LogP contribution in [0.1, 0.15) is 38.8 Å². The van der Waals surface area contributed by atoms with Crippen LogP contribution in [0.5, 0.6) is 0 Å². The third-order valence-electron chi connectivity index (χ3n) is 3.73. The smallest absolute Gasteiger partial charge is 0.297 e. The van der Waals surface area contributed by atoms with Crippen LogP contribution in [0.2, 0.25) is 0 Å². The molecule has 1 aromatic rings. The van der Waals surface area contributed by atoms with Crippen LogP contribution in [-0.2, 0) is 6.54 Å². The minimum Gasteiger partial charge on any atom is -0.432 e. The summed E-state index contributed by atoms with van der Waals surface area (Å²) in [6, 6.07) is 0.745. The molecule has 0 saturated carbocycles. The average Bonchev–Trinajstić information content (AvgIpc) is 2.65. The van der Waals surface area contributed by atoms with Crippen molar-refractivity contribution in [1.29, 1.82) is 0 Å². The van der Waals surface area contributed by atoms with Crippen LogP contribution in [0, 0.1) is 11.8 Å². The van der Waals surface area contributed by atoms with Gasteiger partial charge in [0.15, 0.2) is 0 Å². The first-order chi connectivity index (χ1) is 8.20. The van der Waals surface area contributed by atoms with E-state index in [4.69, 9.17) is 10.2 Å². The van der Waals surface area contributed by atoms with Crippen molar-refractivity contribution in [2.45, 2.75) is 39.7 Å². The lowest BCUT2D eigenvalue weighted by Gasteiger charge is -2.19. The Morgan fingerprint density at radius 3 is 2.94 bits per heavy atom. The Kier molecular flexibility index (Phi) is 4.05. The molecule has 1 fully saturated rings. The van der Waals surface area contributed by atoms with Crippen LogP contribution in [0.15, 0.2) is 10.7 Å². The van der Waals surface area contributed by atoms with Crippen LogP contribution < -0.4 is 10.6 Å². The van der Waals surface area contributed by atoms with E-state index in [2.05, 4.69) is 23.7 Å². The number of nitrogens with two attached hydrogens (primary N) is 1. The van der Waals surface area contributed by atoms with Crippen LogP contribution >= 0.6 is 0 Å². The third-order valence-corrected chi connectivity index (χ3v) is 3.73. The molecule has 1 aromatic heterocycles. The summed E-state index contributed by atoms with van der Waals surface area (Å²) >= 11 is 0. The second-order valence-corrected chi connectivity index (χ2v) is 5.25. The van der Waals surface area contributed by atoms with E-state index in [1.54, 1.807) is 6.26 Å². The Morgan fingerprint density at radius 2 is 2.29 bits per heavy atom. The van der Waals surface area contributed by atoms with Crippen molar-refractivity contribution in [2.24, 2.45) is 17.6 Å². The van der Waals surface area contributed by atoms with Crippen molar-refractivity contribution < 1.29 is 4.42 Å². The first-order valence-electron chi connectivity index (χ1n) is 6.60. The highest BCUT2D eigenvalue weighted by atomic mass is 16.4. The van der Waals surface area contributed by atoms with E-state index in [-0.39, 0.29) is 0 Å². The van der Waals surface area contributed by atoms with Gasteiger partial charge in [-0.15, -0.1) is 0 Å². The molecule has 17 heavy (non-hydrogen) atoms. The van der Waals surface area contributed by atoms with Crippen molar-refractivity contribution in [3.8, 4) is 0 Å². The number of aromatic nitrogens is 1. The SMILES string of the molecule is CC(C)C1CCCN(c2nc(CN)co2)CC1.